The summed E-state index contributed by atoms with van der Waals surface area (Å²) in [5.74, 6) is 0.948. The van der Waals surface area contributed by atoms with Crippen molar-refractivity contribution in [3.8, 4) is 0 Å². The van der Waals surface area contributed by atoms with Gasteiger partial charge in [-0.3, -0.25) is 9.79 Å². The standard InChI is InChI=1S/C19H29FN4O/c1-4-21-19(24-11-5-6-14(2)13-24)23-10-9-22-18(25)16-8-7-15(3)17(20)12-16/h7-8,12,14H,4-6,9-11,13H2,1-3H3,(H,21,23)(H,22,25). The van der Waals surface area contributed by atoms with Crippen LogP contribution in [0.15, 0.2) is 23.2 Å². The van der Waals surface area contributed by atoms with Gasteiger partial charge in [0.1, 0.15) is 5.82 Å². The average Bonchev–Trinajstić information content (AvgIpc) is 2.59. The van der Waals surface area contributed by atoms with Crippen molar-refractivity contribution in [2.24, 2.45) is 10.9 Å². The third kappa shape index (κ3) is 5.73. The normalized spacial score (nSPS) is 18.2. The number of hydrogen-bond acceptors (Lipinski definition) is 2. The molecular formula is C19H29FN4O. The van der Waals surface area contributed by atoms with E-state index < -0.39 is 0 Å². The number of rotatable bonds is 5. The molecule has 1 atom stereocenters. The highest BCUT2D eigenvalue weighted by molar-refractivity contribution is 5.94. The minimum atomic E-state index is -0.362. The van der Waals surface area contributed by atoms with Gasteiger partial charge in [0.25, 0.3) is 5.91 Å². The molecule has 2 N–H and O–H groups in total. The fourth-order valence-corrected chi connectivity index (χ4v) is 2.97. The topological polar surface area (TPSA) is 56.7 Å². The Bertz CT molecular complexity index is 617. The molecule has 0 saturated carbocycles. The summed E-state index contributed by atoms with van der Waals surface area (Å²) in [5, 5.41) is 6.12. The molecule has 0 aliphatic carbocycles. The molecule has 5 nitrogen and oxygen atoms in total. The molecule has 0 bridgehead atoms. The van der Waals surface area contributed by atoms with E-state index in [0.717, 1.165) is 25.6 Å². The zero-order valence-electron chi connectivity index (χ0n) is 15.4. The summed E-state index contributed by atoms with van der Waals surface area (Å²) in [6.45, 7) is 9.76. The number of amides is 1. The van der Waals surface area contributed by atoms with E-state index in [4.69, 9.17) is 0 Å². The summed E-state index contributed by atoms with van der Waals surface area (Å²) in [6.07, 6.45) is 2.44. The van der Waals surface area contributed by atoms with Crippen molar-refractivity contribution in [2.75, 3.05) is 32.7 Å². The summed E-state index contributed by atoms with van der Waals surface area (Å²) >= 11 is 0. The SMILES string of the molecule is CCNC(=NCCNC(=O)c1ccc(C)c(F)c1)N1CCCC(C)C1. The lowest BCUT2D eigenvalue weighted by atomic mass is 10.0. The molecule has 1 saturated heterocycles. The first-order valence-corrected chi connectivity index (χ1v) is 9.09. The molecule has 6 heteroatoms. The minimum absolute atomic E-state index is 0.273. The number of halogens is 1. The van der Waals surface area contributed by atoms with Crippen molar-refractivity contribution in [1.82, 2.24) is 15.5 Å². The van der Waals surface area contributed by atoms with E-state index >= 15 is 0 Å². The smallest absolute Gasteiger partial charge is 0.251 e. The van der Waals surface area contributed by atoms with E-state index in [0.29, 0.717) is 30.1 Å². The van der Waals surface area contributed by atoms with E-state index in [1.54, 1.807) is 19.1 Å². The van der Waals surface area contributed by atoms with Crippen LogP contribution in [0, 0.1) is 18.7 Å². The molecule has 1 aliphatic rings. The Balaban J connectivity index is 1.86. The third-order valence-electron chi connectivity index (χ3n) is 4.38. The number of guanidine groups is 1. The quantitative estimate of drug-likeness (QED) is 0.488. The van der Waals surface area contributed by atoms with Gasteiger partial charge in [-0.15, -0.1) is 0 Å². The average molecular weight is 348 g/mol. The number of aliphatic imine (C=N–C) groups is 1. The second-order valence-corrected chi connectivity index (χ2v) is 6.65. The maximum absolute atomic E-state index is 13.5. The van der Waals surface area contributed by atoms with Crippen LogP contribution in [0.3, 0.4) is 0 Å². The lowest BCUT2D eigenvalue weighted by molar-refractivity contribution is 0.0954. The van der Waals surface area contributed by atoms with Crippen LogP contribution < -0.4 is 10.6 Å². The van der Waals surface area contributed by atoms with Crippen LogP contribution in [0.5, 0.6) is 0 Å². The Morgan fingerprint density at radius 2 is 2.20 bits per heavy atom. The number of benzene rings is 1. The molecule has 1 amide bonds. The Morgan fingerprint density at radius 1 is 1.40 bits per heavy atom. The van der Waals surface area contributed by atoms with Crippen LogP contribution >= 0.6 is 0 Å². The summed E-state index contributed by atoms with van der Waals surface area (Å²) in [4.78, 5) is 19.0. The number of hydrogen-bond donors (Lipinski definition) is 2. The van der Waals surface area contributed by atoms with E-state index in [2.05, 4.69) is 34.4 Å². The minimum Gasteiger partial charge on any atom is -0.357 e. The molecule has 1 aliphatic heterocycles. The van der Waals surface area contributed by atoms with Gasteiger partial charge in [-0.25, -0.2) is 4.39 Å². The van der Waals surface area contributed by atoms with Gasteiger partial charge in [0, 0.05) is 31.7 Å². The first-order chi connectivity index (χ1) is 12.0. The molecule has 0 spiro atoms. The van der Waals surface area contributed by atoms with Crippen molar-refractivity contribution in [3.63, 3.8) is 0 Å². The molecule has 1 aromatic carbocycles. The van der Waals surface area contributed by atoms with E-state index in [9.17, 15) is 9.18 Å². The Kier molecular flexibility index (Phi) is 7.22. The second-order valence-electron chi connectivity index (χ2n) is 6.65. The number of carbonyl (C=O) groups excluding carboxylic acids is 1. The van der Waals surface area contributed by atoms with Gasteiger partial charge in [0.15, 0.2) is 5.96 Å². The molecule has 138 valence electrons. The fraction of sp³-hybridized carbons (Fsp3) is 0.579. The highest BCUT2D eigenvalue weighted by atomic mass is 19.1. The number of nitrogens with one attached hydrogen (secondary N) is 2. The van der Waals surface area contributed by atoms with Crippen LogP contribution in [-0.2, 0) is 0 Å². The van der Waals surface area contributed by atoms with Gasteiger partial charge in [0.2, 0.25) is 0 Å². The number of piperidine rings is 1. The largest absolute Gasteiger partial charge is 0.357 e. The molecule has 2 rings (SSSR count). The van der Waals surface area contributed by atoms with E-state index in [1.165, 1.54) is 18.9 Å². The maximum atomic E-state index is 13.5. The van der Waals surface area contributed by atoms with Crippen molar-refractivity contribution >= 4 is 11.9 Å². The number of nitrogens with zero attached hydrogens (tertiary/aromatic N) is 2. The molecule has 1 fully saturated rings. The molecule has 1 unspecified atom stereocenters. The molecule has 25 heavy (non-hydrogen) atoms. The Labute approximate surface area is 149 Å². The molecule has 0 radical (unpaired) electrons. The van der Waals surface area contributed by atoms with Gasteiger partial charge in [-0.1, -0.05) is 13.0 Å². The zero-order valence-corrected chi connectivity index (χ0v) is 15.4. The van der Waals surface area contributed by atoms with Gasteiger partial charge in [-0.05, 0) is 50.3 Å². The second kappa shape index (κ2) is 9.39. The highest BCUT2D eigenvalue weighted by Crippen LogP contribution is 2.15. The van der Waals surface area contributed by atoms with Gasteiger partial charge >= 0.3 is 0 Å². The predicted octanol–water partition coefficient (Wildman–Crippen LogP) is 2.56. The zero-order chi connectivity index (χ0) is 18.2. The van der Waals surface area contributed by atoms with Crippen molar-refractivity contribution in [1.29, 1.82) is 0 Å². The van der Waals surface area contributed by atoms with E-state index in [1.807, 2.05) is 0 Å². The predicted molar refractivity (Wildman–Crippen MR) is 99.4 cm³/mol. The summed E-state index contributed by atoms with van der Waals surface area (Å²) in [7, 11) is 0. The monoisotopic (exact) mass is 348 g/mol. The van der Waals surface area contributed by atoms with Gasteiger partial charge < -0.3 is 15.5 Å². The summed E-state index contributed by atoms with van der Waals surface area (Å²) < 4.78 is 13.5. The van der Waals surface area contributed by atoms with Gasteiger partial charge in [-0.2, -0.15) is 0 Å². The van der Waals surface area contributed by atoms with Crippen molar-refractivity contribution in [3.05, 3.63) is 35.1 Å². The van der Waals surface area contributed by atoms with Crippen LogP contribution in [0.1, 0.15) is 42.6 Å². The first kappa shape index (κ1) is 19.2. The molecule has 1 heterocycles. The van der Waals surface area contributed by atoms with Crippen LogP contribution in [-0.4, -0.2) is 49.5 Å². The molecule has 0 aromatic heterocycles. The summed E-state index contributed by atoms with van der Waals surface area (Å²) in [5.41, 5.74) is 0.871. The Hall–Kier alpha value is -2.11. The summed E-state index contributed by atoms with van der Waals surface area (Å²) in [6, 6.07) is 4.52. The highest BCUT2D eigenvalue weighted by Gasteiger charge is 2.19. The molecular weight excluding hydrogens is 319 g/mol. The first-order valence-electron chi connectivity index (χ1n) is 9.09. The maximum Gasteiger partial charge on any atom is 0.251 e. The third-order valence-corrected chi connectivity index (χ3v) is 4.38. The van der Waals surface area contributed by atoms with Crippen molar-refractivity contribution in [2.45, 2.75) is 33.6 Å². The van der Waals surface area contributed by atoms with Crippen LogP contribution in [0.25, 0.3) is 0 Å². The van der Waals surface area contributed by atoms with Gasteiger partial charge in [0.05, 0.1) is 6.54 Å². The van der Waals surface area contributed by atoms with Crippen LogP contribution in [0.2, 0.25) is 0 Å². The fourth-order valence-electron chi connectivity index (χ4n) is 2.97. The van der Waals surface area contributed by atoms with E-state index in [-0.39, 0.29) is 11.7 Å². The number of carbonyl (C=O) groups is 1. The van der Waals surface area contributed by atoms with Crippen molar-refractivity contribution < 1.29 is 9.18 Å². The number of likely N-dealkylation sites (tertiary alicyclic amines) is 1. The molecule has 1 aromatic rings. The lowest BCUT2D eigenvalue weighted by Crippen LogP contribution is -2.46. The Morgan fingerprint density at radius 3 is 2.88 bits per heavy atom. The van der Waals surface area contributed by atoms with Crippen LogP contribution in [0.4, 0.5) is 4.39 Å². The lowest BCUT2D eigenvalue weighted by Gasteiger charge is -2.33. The number of aryl methyl sites for hydroxylation is 1.